The normalized spacial score (nSPS) is 11.2. The van der Waals surface area contributed by atoms with Gasteiger partial charge in [-0.1, -0.05) is 11.6 Å². The summed E-state index contributed by atoms with van der Waals surface area (Å²) in [7, 11) is 0. The Morgan fingerprint density at radius 2 is 2.25 bits per heavy atom. The molecule has 6 nitrogen and oxygen atoms in total. The number of aromatic nitrogens is 4. The Morgan fingerprint density at radius 1 is 1.38 bits per heavy atom. The zero-order valence-corrected chi connectivity index (χ0v) is 13.6. The number of carbonyl (C=O) groups is 1. The van der Waals surface area contributed by atoms with Gasteiger partial charge in [-0.25, -0.2) is 9.50 Å². The molecule has 0 unspecified atom stereocenters. The number of amides is 1. The SMILES string of the molecule is CC(=O)NCc1cc2cc(Cl)c(-c3cnc4ccnn4c3)cc2[nH]1. The molecule has 2 N–H and O–H groups in total. The maximum Gasteiger partial charge on any atom is 0.217 e. The number of hydrogen-bond donors (Lipinski definition) is 2. The van der Waals surface area contributed by atoms with Crippen LogP contribution in [0.3, 0.4) is 0 Å². The zero-order valence-electron chi connectivity index (χ0n) is 12.9. The number of rotatable bonds is 3. The monoisotopic (exact) mass is 339 g/mol. The smallest absolute Gasteiger partial charge is 0.217 e. The van der Waals surface area contributed by atoms with Crippen molar-refractivity contribution in [2.75, 3.05) is 0 Å². The first-order valence-corrected chi connectivity index (χ1v) is 7.83. The van der Waals surface area contributed by atoms with E-state index in [9.17, 15) is 4.79 Å². The summed E-state index contributed by atoms with van der Waals surface area (Å²) in [4.78, 5) is 18.7. The first-order valence-electron chi connectivity index (χ1n) is 7.45. The minimum absolute atomic E-state index is 0.0639. The van der Waals surface area contributed by atoms with Crippen molar-refractivity contribution in [3.05, 3.63) is 53.6 Å². The maximum absolute atomic E-state index is 11.0. The third-order valence-electron chi connectivity index (χ3n) is 3.85. The molecule has 0 saturated carbocycles. The van der Waals surface area contributed by atoms with Crippen LogP contribution in [0.1, 0.15) is 12.6 Å². The third-order valence-corrected chi connectivity index (χ3v) is 4.16. The summed E-state index contributed by atoms with van der Waals surface area (Å²) < 4.78 is 1.72. The fourth-order valence-electron chi connectivity index (χ4n) is 2.70. The van der Waals surface area contributed by atoms with Crippen LogP contribution in [0.15, 0.2) is 42.9 Å². The van der Waals surface area contributed by atoms with Crippen LogP contribution in [0, 0.1) is 0 Å². The van der Waals surface area contributed by atoms with Crippen LogP contribution < -0.4 is 5.32 Å². The van der Waals surface area contributed by atoms with Crippen molar-refractivity contribution in [3.8, 4) is 11.1 Å². The molecule has 3 heterocycles. The minimum Gasteiger partial charge on any atom is -0.357 e. The first kappa shape index (κ1) is 14.7. The van der Waals surface area contributed by atoms with Crippen LogP contribution in [0.25, 0.3) is 27.7 Å². The number of fused-ring (bicyclic) bond motifs is 2. The Morgan fingerprint density at radius 3 is 3.08 bits per heavy atom. The first-order chi connectivity index (χ1) is 11.6. The van der Waals surface area contributed by atoms with E-state index in [1.165, 1.54) is 6.92 Å². The molecule has 0 aliphatic rings. The van der Waals surface area contributed by atoms with Gasteiger partial charge in [-0.3, -0.25) is 4.79 Å². The summed E-state index contributed by atoms with van der Waals surface area (Å²) in [5.74, 6) is -0.0639. The summed E-state index contributed by atoms with van der Waals surface area (Å²) >= 11 is 6.46. The molecule has 3 aromatic heterocycles. The number of benzene rings is 1. The minimum atomic E-state index is -0.0639. The molecule has 24 heavy (non-hydrogen) atoms. The van der Waals surface area contributed by atoms with Crippen molar-refractivity contribution < 1.29 is 4.79 Å². The molecule has 1 amide bonds. The fraction of sp³-hybridized carbons (Fsp3) is 0.118. The lowest BCUT2D eigenvalue weighted by Gasteiger charge is -2.05. The molecule has 4 aromatic rings. The Balaban J connectivity index is 1.77. The molecular weight excluding hydrogens is 326 g/mol. The van der Waals surface area contributed by atoms with E-state index in [2.05, 4.69) is 20.4 Å². The lowest BCUT2D eigenvalue weighted by atomic mass is 10.1. The van der Waals surface area contributed by atoms with E-state index >= 15 is 0 Å². The zero-order chi connectivity index (χ0) is 16.7. The number of carbonyl (C=O) groups excluding carboxylic acids is 1. The second-order valence-corrected chi connectivity index (χ2v) is 6.01. The van der Waals surface area contributed by atoms with Crippen molar-refractivity contribution in [2.45, 2.75) is 13.5 Å². The van der Waals surface area contributed by atoms with Crippen LogP contribution in [-0.4, -0.2) is 25.5 Å². The highest BCUT2D eigenvalue weighted by atomic mass is 35.5. The van der Waals surface area contributed by atoms with Crippen LogP contribution in [0.5, 0.6) is 0 Å². The van der Waals surface area contributed by atoms with Gasteiger partial charge in [0.1, 0.15) is 0 Å². The molecule has 0 spiro atoms. The molecule has 0 atom stereocenters. The van der Waals surface area contributed by atoms with E-state index in [-0.39, 0.29) is 5.91 Å². The summed E-state index contributed by atoms with van der Waals surface area (Å²) in [5, 5.41) is 8.62. The Bertz CT molecular complexity index is 1070. The Labute approximate surface area is 142 Å². The Hall–Kier alpha value is -2.86. The van der Waals surface area contributed by atoms with Crippen LogP contribution in [-0.2, 0) is 11.3 Å². The number of hydrogen-bond acceptors (Lipinski definition) is 3. The molecule has 0 fully saturated rings. The van der Waals surface area contributed by atoms with Crippen molar-refractivity contribution in [1.82, 2.24) is 24.9 Å². The molecule has 7 heteroatoms. The van der Waals surface area contributed by atoms with Crippen molar-refractivity contribution in [3.63, 3.8) is 0 Å². The molecule has 0 aliphatic carbocycles. The second kappa shape index (κ2) is 5.65. The van der Waals surface area contributed by atoms with Crippen molar-refractivity contribution in [2.24, 2.45) is 0 Å². The highest BCUT2D eigenvalue weighted by molar-refractivity contribution is 6.34. The predicted molar refractivity (Wildman–Crippen MR) is 92.8 cm³/mol. The standard InChI is InChI=1S/C17H14ClN5O/c1-10(24)19-8-13-4-11-5-15(18)14(6-16(11)22-13)12-7-20-17-2-3-21-23(17)9-12/h2-7,9,22H,8H2,1H3,(H,19,24). The van der Waals surface area contributed by atoms with Gasteiger partial charge in [0, 0.05) is 58.1 Å². The third kappa shape index (κ3) is 2.61. The molecule has 0 saturated heterocycles. The van der Waals surface area contributed by atoms with Crippen LogP contribution in [0.4, 0.5) is 0 Å². The number of halogens is 1. The van der Waals surface area contributed by atoms with Gasteiger partial charge in [-0.15, -0.1) is 0 Å². The average molecular weight is 340 g/mol. The molecular formula is C17H14ClN5O. The summed E-state index contributed by atoms with van der Waals surface area (Å²) in [6.45, 7) is 1.95. The summed E-state index contributed by atoms with van der Waals surface area (Å²) in [6.07, 6.45) is 5.39. The van der Waals surface area contributed by atoms with Crippen molar-refractivity contribution in [1.29, 1.82) is 0 Å². The maximum atomic E-state index is 11.0. The number of nitrogens with one attached hydrogen (secondary N) is 2. The van der Waals surface area contributed by atoms with Gasteiger partial charge in [0.05, 0.1) is 12.7 Å². The highest BCUT2D eigenvalue weighted by Crippen LogP contribution is 2.32. The van der Waals surface area contributed by atoms with Gasteiger partial charge < -0.3 is 10.3 Å². The molecule has 4 rings (SSSR count). The lowest BCUT2D eigenvalue weighted by molar-refractivity contribution is -0.119. The predicted octanol–water partition coefficient (Wildman–Crippen LogP) is 3.17. The Kier molecular flexibility index (Phi) is 3.46. The van der Waals surface area contributed by atoms with Gasteiger partial charge >= 0.3 is 0 Å². The average Bonchev–Trinajstić information content (AvgIpc) is 3.17. The molecule has 0 radical (unpaired) electrons. The summed E-state index contributed by atoms with van der Waals surface area (Å²) in [6, 6.07) is 7.72. The van der Waals surface area contributed by atoms with Gasteiger partial charge in [0.2, 0.25) is 5.91 Å². The second-order valence-electron chi connectivity index (χ2n) is 5.60. The van der Waals surface area contributed by atoms with Crippen molar-refractivity contribution >= 4 is 34.1 Å². The van der Waals surface area contributed by atoms with Crippen LogP contribution in [0.2, 0.25) is 5.02 Å². The lowest BCUT2D eigenvalue weighted by Crippen LogP contribution is -2.18. The van der Waals surface area contributed by atoms with E-state index < -0.39 is 0 Å². The number of aromatic amines is 1. The van der Waals surface area contributed by atoms with E-state index in [1.54, 1.807) is 16.9 Å². The van der Waals surface area contributed by atoms with E-state index in [0.717, 1.165) is 33.4 Å². The van der Waals surface area contributed by atoms with Crippen LogP contribution >= 0.6 is 11.6 Å². The highest BCUT2D eigenvalue weighted by Gasteiger charge is 2.10. The number of H-pyrrole nitrogens is 1. The fourth-order valence-corrected chi connectivity index (χ4v) is 2.98. The topological polar surface area (TPSA) is 75.1 Å². The van der Waals surface area contributed by atoms with Gasteiger partial charge in [-0.2, -0.15) is 5.10 Å². The van der Waals surface area contributed by atoms with E-state index in [1.807, 2.05) is 30.5 Å². The van der Waals surface area contributed by atoms with Gasteiger partial charge in [-0.05, 0) is 18.2 Å². The van der Waals surface area contributed by atoms with Gasteiger partial charge in [0.25, 0.3) is 0 Å². The number of nitrogens with zero attached hydrogens (tertiary/aromatic N) is 3. The molecule has 0 aliphatic heterocycles. The van der Waals surface area contributed by atoms with E-state index in [0.29, 0.717) is 11.6 Å². The van der Waals surface area contributed by atoms with Gasteiger partial charge in [0.15, 0.2) is 5.65 Å². The molecule has 120 valence electrons. The largest absolute Gasteiger partial charge is 0.357 e. The molecule has 0 bridgehead atoms. The quantitative estimate of drug-likeness (QED) is 0.602. The summed E-state index contributed by atoms with van der Waals surface area (Å²) in [5.41, 5.74) is 4.43. The molecule has 1 aromatic carbocycles. The van der Waals surface area contributed by atoms with E-state index in [4.69, 9.17) is 11.6 Å².